The third kappa shape index (κ3) is 3.40. The van der Waals surface area contributed by atoms with E-state index >= 15 is 0 Å². The van der Waals surface area contributed by atoms with Crippen molar-refractivity contribution < 1.29 is 13.9 Å². The van der Waals surface area contributed by atoms with Gasteiger partial charge in [0.2, 0.25) is 0 Å². The Morgan fingerprint density at radius 3 is 3.17 bits per heavy atom. The largest absolute Gasteiger partial charge is 0.462 e. The quantitative estimate of drug-likeness (QED) is 0.543. The number of carbonyl (C=O) groups excluding carboxylic acids is 1. The molecule has 2 heterocycles. The molecule has 1 aliphatic rings. The number of halogens is 2. The van der Waals surface area contributed by atoms with Crippen molar-refractivity contribution in [3.8, 4) is 0 Å². The fraction of sp³-hybridized carbons (Fsp3) is 0.250. The van der Waals surface area contributed by atoms with Crippen LogP contribution in [0.1, 0.15) is 23.0 Å². The number of nitrogens with one attached hydrogen (secondary N) is 1. The maximum atomic E-state index is 14.2. The van der Waals surface area contributed by atoms with E-state index in [1.807, 2.05) is 12.1 Å². The number of pyridine rings is 1. The summed E-state index contributed by atoms with van der Waals surface area (Å²) >= 11 is 3.39. The van der Waals surface area contributed by atoms with E-state index in [0.717, 1.165) is 13.7 Å². The molecule has 3 rings (SSSR count). The Morgan fingerprint density at radius 1 is 1.61 bits per heavy atom. The summed E-state index contributed by atoms with van der Waals surface area (Å²) in [4.78, 5) is 16.7. The molecule has 0 amide bonds. The Bertz CT molecular complexity index is 816. The molecule has 0 spiro atoms. The van der Waals surface area contributed by atoms with E-state index in [9.17, 15) is 9.18 Å². The molecule has 0 aromatic carbocycles. The fourth-order valence-electron chi connectivity index (χ4n) is 2.37. The molecular weight excluding hydrogens is 430 g/mol. The van der Waals surface area contributed by atoms with Crippen molar-refractivity contribution in [2.24, 2.45) is 0 Å². The number of aromatic nitrogens is 1. The fourth-order valence-corrected chi connectivity index (χ4v) is 3.95. The highest BCUT2D eigenvalue weighted by molar-refractivity contribution is 14.1. The number of nitrogens with zero attached hydrogens (tertiary/aromatic N) is 1. The molecule has 4 nitrogen and oxygen atoms in total. The predicted molar refractivity (Wildman–Crippen MR) is 98.9 cm³/mol. The Labute approximate surface area is 150 Å². The van der Waals surface area contributed by atoms with Gasteiger partial charge in [0.25, 0.3) is 0 Å². The molecule has 0 bridgehead atoms. The molecule has 23 heavy (non-hydrogen) atoms. The zero-order valence-corrected chi connectivity index (χ0v) is 15.3. The molecule has 1 aliphatic carbocycles. The maximum absolute atomic E-state index is 14.2. The van der Waals surface area contributed by atoms with E-state index in [0.29, 0.717) is 23.6 Å². The average molecular weight is 444 g/mol. The van der Waals surface area contributed by atoms with Gasteiger partial charge >= 0.3 is 5.97 Å². The molecule has 0 fully saturated rings. The first-order chi connectivity index (χ1) is 11.1. The van der Waals surface area contributed by atoms with Gasteiger partial charge in [0.1, 0.15) is 10.7 Å². The van der Waals surface area contributed by atoms with Crippen LogP contribution in [0.3, 0.4) is 0 Å². The van der Waals surface area contributed by atoms with Crippen molar-refractivity contribution in [1.82, 2.24) is 4.98 Å². The highest BCUT2D eigenvalue weighted by atomic mass is 127. The maximum Gasteiger partial charge on any atom is 0.350 e. The third-order valence-corrected chi connectivity index (χ3v) is 5.30. The van der Waals surface area contributed by atoms with Gasteiger partial charge in [0.05, 0.1) is 23.0 Å². The Balaban J connectivity index is 2.00. The number of ether oxygens (including phenoxy) is 1. The van der Waals surface area contributed by atoms with E-state index in [4.69, 9.17) is 4.74 Å². The number of hydrogen-bond acceptors (Lipinski definition) is 5. The lowest BCUT2D eigenvalue weighted by Crippen LogP contribution is -2.22. The van der Waals surface area contributed by atoms with E-state index in [-0.39, 0.29) is 5.83 Å². The van der Waals surface area contributed by atoms with Gasteiger partial charge in [0, 0.05) is 21.4 Å². The van der Waals surface area contributed by atoms with Gasteiger partial charge in [-0.05, 0) is 48.1 Å². The number of esters is 1. The van der Waals surface area contributed by atoms with E-state index in [2.05, 4.69) is 32.9 Å². The minimum absolute atomic E-state index is 0.236. The zero-order chi connectivity index (χ0) is 16.4. The second kappa shape index (κ2) is 6.96. The second-order valence-electron chi connectivity index (χ2n) is 4.95. The molecule has 0 saturated heterocycles. The Morgan fingerprint density at radius 2 is 2.43 bits per heavy atom. The molecular formula is C16H14FIN2O2S. The molecule has 7 heteroatoms. The molecule has 0 saturated carbocycles. The number of carbonyl (C=O) groups is 1. The van der Waals surface area contributed by atoms with Crippen molar-refractivity contribution in [3.63, 3.8) is 0 Å². The van der Waals surface area contributed by atoms with Crippen molar-refractivity contribution in [2.45, 2.75) is 19.4 Å². The summed E-state index contributed by atoms with van der Waals surface area (Å²) in [5.41, 5.74) is 0.615. The summed E-state index contributed by atoms with van der Waals surface area (Å²) in [6, 6.07) is 1.34. The zero-order valence-electron chi connectivity index (χ0n) is 12.3. The van der Waals surface area contributed by atoms with Crippen molar-refractivity contribution in [2.75, 3.05) is 11.9 Å². The van der Waals surface area contributed by atoms with Crippen LogP contribution < -0.4 is 5.32 Å². The Hall–Kier alpha value is -1.48. The first-order valence-electron chi connectivity index (χ1n) is 7.13. The van der Waals surface area contributed by atoms with Gasteiger partial charge in [-0.1, -0.05) is 6.08 Å². The van der Waals surface area contributed by atoms with Gasteiger partial charge in [-0.2, -0.15) is 0 Å². The molecule has 0 aliphatic heterocycles. The molecule has 0 radical (unpaired) electrons. The second-order valence-corrected chi connectivity index (χ2v) is 7.25. The van der Waals surface area contributed by atoms with E-state index in [1.165, 1.54) is 17.4 Å². The van der Waals surface area contributed by atoms with Crippen LogP contribution in [-0.2, 0) is 4.74 Å². The van der Waals surface area contributed by atoms with Gasteiger partial charge < -0.3 is 10.1 Å². The topological polar surface area (TPSA) is 51.2 Å². The number of fused-ring (bicyclic) bond motifs is 1. The van der Waals surface area contributed by atoms with E-state index < -0.39 is 12.0 Å². The number of rotatable bonds is 4. The van der Waals surface area contributed by atoms with Crippen LogP contribution in [0, 0.1) is 0 Å². The summed E-state index contributed by atoms with van der Waals surface area (Å²) < 4.78 is 21.1. The molecule has 1 unspecified atom stereocenters. The normalized spacial score (nSPS) is 17.6. The lowest BCUT2D eigenvalue weighted by molar-refractivity contribution is 0.0533. The monoisotopic (exact) mass is 444 g/mol. The van der Waals surface area contributed by atoms with E-state index in [1.54, 1.807) is 19.3 Å². The minimum atomic E-state index is -0.479. The van der Waals surface area contributed by atoms with Crippen LogP contribution in [0.25, 0.3) is 10.1 Å². The first-order valence-corrected chi connectivity index (χ1v) is 9.02. The average Bonchev–Trinajstić information content (AvgIpc) is 2.89. The van der Waals surface area contributed by atoms with Gasteiger partial charge in [-0.15, -0.1) is 11.3 Å². The molecule has 2 aromatic heterocycles. The predicted octanol–water partition coefficient (Wildman–Crippen LogP) is 4.83. The van der Waals surface area contributed by atoms with Crippen LogP contribution in [0.2, 0.25) is 0 Å². The molecule has 1 atom stereocenters. The van der Waals surface area contributed by atoms with Gasteiger partial charge in [-0.25, -0.2) is 9.18 Å². The number of hydrogen-bond donors (Lipinski definition) is 1. The Kier molecular flexibility index (Phi) is 4.96. The summed E-state index contributed by atoms with van der Waals surface area (Å²) in [6.07, 6.45) is 7.35. The van der Waals surface area contributed by atoms with Crippen molar-refractivity contribution >= 4 is 55.7 Å². The van der Waals surface area contributed by atoms with Crippen LogP contribution >= 0.6 is 33.9 Å². The summed E-state index contributed by atoms with van der Waals surface area (Å²) in [5.74, 6) is -0.637. The molecule has 2 aromatic rings. The molecule has 120 valence electrons. The highest BCUT2D eigenvalue weighted by Gasteiger charge is 2.24. The number of allylic oxidation sites excluding steroid dienone is 2. The van der Waals surface area contributed by atoms with Crippen molar-refractivity contribution in [3.05, 3.63) is 44.9 Å². The minimum Gasteiger partial charge on any atom is -0.462 e. The van der Waals surface area contributed by atoms with Gasteiger partial charge in [-0.3, -0.25) is 4.98 Å². The smallest absolute Gasteiger partial charge is 0.350 e. The molecule has 1 N–H and O–H groups in total. The third-order valence-electron chi connectivity index (χ3n) is 3.43. The number of thiophene rings is 1. The van der Waals surface area contributed by atoms with Crippen LogP contribution in [0.15, 0.2) is 40.0 Å². The lowest BCUT2D eigenvalue weighted by atomic mass is 10.1. The summed E-state index contributed by atoms with van der Waals surface area (Å²) in [7, 11) is 0. The summed E-state index contributed by atoms with van der Waals surface area (Å²) in [5, 5.41) is 4.02. The first kappa shape index (κ1) is 16.4. The SMILES string of the molecule is CCOC(=O)c1sc2cnccc2c1NC1CC=C(I)C=C1F. The highest BCUT2D eigenvalue weighted by Crippen LogP contribution is 2.38. The van der Waals surface area contributed by atoms with Crippen molar-refractivity contribution in [1.29, 1.82) is 0 Å². The van der Waals surface area contributed by atoms with Crippen LogP contribution in [0.5, 0.6) is 0 Å². The number of anilines is 1. The standard InChI is InChI=1S/C16H14FIN2O2S/c1-2-22-16(21)15-14(10-5-6-19-8-13(10)23-15)20-12-4-3-9(18)7-11(12)17/h3,5-8,12,20H,2,4H2,1H3. The van der Waals surface area contributed by atoms with Gasteiger partial charge in [0.15, 0.2) is 0 Å². The summed E-state index contributed by atoms with van der Waals surface area (Å²) in [6.45, 7) is 2.06. The van der Waals surface area contributed by atoms with Crippen LogP contribution in [0.4, 0.5) is 10.1 Å². The van der Waals surface area contributed by atoms with Crippen LogP contribution in [-0.4, -0.2) is 23.6 Å². The lowest BCUT2D eigenvalue weighted by Gasteiger charge is -2.20.